The summed E-state index contributed by atoms with van der Waals surface area (Å²) in [5.74, 6) is -2.63. The Labute approximate surface area is 111 Å². The Hall–Kier alpha value is -3.03. The number of hydrogen-bond donors (Lipinski definition) is 2. The van der Waals surface area contributed by atoms with Crippen LogP contribution in [0.4, 0.5) is 21.5 Å². The number of nitrogens with one attached hydrogen (secondary N) is 1. The topological polar surface area (TPSA) is 105 Å². The van der Waals surface area contributed by atoms with Gasteiger partial charge >= 0.3 is 5.97 Å². The minimum Gasteiger partial charge on any atom is -0.478 e. The number of hydrogen-bond acceptors (Lipinski definition) is 5. The third kappa shape index (κ3) is 2.69. The van der Waals surface area contributed by atoms with Crippen LogP contribution in [0.15, 0.2) is 36.7 Å². The first-order chi connectivity index (χ1) is 9.49. The van der Waals surface area contributed by atoms with Crippen molar-refractivity contribution in [3.8, 4) is 0 Å². The third-order valence-corrected chi connectivity index (χ3v) is 2.45. The van der Waals surface area contributed by atoms with E-state index in [1.807, 2.05) is 0 Å². The molecule has 0 aliphatic heterocycles. The van der Waals surface area contributed by atoms with E-state index in [1.54, 1.807) is 12.1 Å². The van der Waals surface area contributed by atoms with Crippen LogP contribution in [0.5, 0.6) is 0 Å². The second-order valence-corrected chi connectivity index (χ2v) is 3.78. The number of carbonyl (C=O) groups is 1. The summed E-state index contributed by atoms with van der Waals surface area (Å²) in [5.41, 5.74) is -1.02. The Bertz CT molecular complexity index is 676. The molecule has 0 saturated heterocycles. The van der Waals surface area contributed by atoms with Crippen molar-refractivity contribution >= 4 is 23.0 Å². The minimum atomic E-state index is -1.57. The van der Waals surface area contributed by atoms with E-state index in [4.69, 9.17) is 5.11 Å². The minimum absolute atomic E-state index is 0.148. The molecule has 0 atom stereocenters. The van der Waals surface area contributed by atoms with E-state index in [1.165, 1.54) is 12.4 Å². The summed E-state index contributed by atoms with van der Waals surface area (Å²) in [6.07, 6.45) is 2.90. The van der Waals surface area contributed by atoms with Gasteiger partial charge in [0.15, 0.2) is 0 Å². The van der Waals surface area contributed by atoms with Gasteiger partial charge in [-0.1, -0.05) is 0 Å². The van der Waals surface area contributed by atoms with Gasteiger partial charge in [0.2, 0.25) is 0 Å². The Morgan fingerprint density at radius 2 is 2.20 bits per heavy atom. The molecule has 1 aromatic heterocycles. The lowest BCUT2D eigenvalue weighted by Crippen LogP contribution is -2.05. The molecule has 2 N–H and O–H groups in total. The fraction of sp³-hybridized carbons (Fsp3) is 0. The highest BCUT2D eigenvalue weighted by atomic mass is 19.1. The fourth-order valence-corrected chi connectivity index (χ4v) is 1.57. The Morgan fingerprint density at radius 1 is 1.45 bits per heavy atom. The predicted octanol–water partition coefficient (Wildman–Crippen LogP) is 2.57. The number of carboxylic acid groups (broad SMARTS) is 1. The van der Waals surface area contributed by atoms with Crippen molar-refractivity contribution in [1.82, 2.24) is 4.98 Å². The number of rotatable bonds is 4. The molecule has 0 spiro atoms. The molecule has 0 amide bonds. The van der Waals surface area contributed by atoms with Gasteiger partial charge in [0.25, 0.3) is 5.69 Å². The number of benzene rings is 1. The van der Waals surface area contributed by atoms with Crippen molar-refractivity contribution in [3.05, 3.63) is 58.2 Å². The molecule has 8 heteroatoms. The first-order valence-corrected chi connectivity index (χ1v) is 5.37. The number of aromatic carboxylic acids is 1. The molecule has 2 rings (SSSR count). The van der Waals surface area contributed by atoms with E-state index in [0.29, 0.717) is 11.8 Å². The molecule has 1 heterocycles. The first kappa shape index (κ1) is 13.4. The van der Waals surface area contributed by atoms with E-state index in [2.05, 4.69) is 10.3 Å². The maximum absolute atomic E-state index is 13.6. The highest BCUT2D eigenvalue weighted by Gasteiger charge is 2.22. The first-order valence-electron chi connectivity index (χ1n) is 5.37. The Balaban J connectivity index is 2.49. The van der Waals surface area contributed by atoms with Gasteiger partial charge in [-0.15, -0.1) is 0 Å². The van der Waals surface area contributed by atoms with Gasteiger partial charge in [-0.05, 0) is 12.1 Å². The number of aromatic nitrogens is 1. The summed E-state index contributed by atoms with van der Waals surface area (Å²) < 4.78 is 13.6. The number of anilines is 2. The Kier molecular flexibility index (Phi) is 3.56. The van der Waals surface area contributed by atoms with Gasteiger partial charge in [-0.3, -0.25) is 15.1 Å². The summed E-state index contributed by atoms with van der Waals surface area (Å²) in [5, 5.41) is 22.3. The molecule has 0 radical (unpaired) electrons. The molecule has 0 bridgehead atoms. The average Bonchev–Trinajstić information content (AvgIpc) is 2.39. The van der Waals surface area contributed by atoms with Crippen molar-refractivity contribution in [2.24, 2.45) is 0 Å². The molecular weight excluding hydrogens is 269 g/mol. The molecule has 102 valence electrons. The van der Waals surface area contributed by atoms with Crippen molar-refractivity contribution in [1.29, 1.82) is 0 Å². The summed E-state index contributed by atoms with van der Waals surface area (Å²) in [7, 11) is 0. The molecule has 7 nitrogen and oxygen atoms in total. The van der Waals surface area contributed by atoms with Crippen LogP contribution in [-0.4, -0.2) is 21.0 Å². The summed E-state index contributed by atoms with van der Waals surface area (Å²) >= 11 is 0. The molecule has 0 aliphatic rings. The average molecular weight is 277 g/mol. The second kappa shape index (κ2) is 5.31. The smallest absolute Gasteiger partial charge is 0.338 e. The molecule has 0 unspecified atom stereocenters. The van der Waals surface area contributed by atoms with Crippen LogP contribution in [0.1, 0.15) is 10.4 Å². The highest BCUT2D eigenvalue weighted by molar-refractivity contribution is 5.90. The lowest BCUT2D eigenvalue weighted by Gasteiger charge is -2.08. The zero-order valence-electron chi connectivity index (χ0n) is 9.91. The highest BCUT2D eigenvalue weighted by Crippen LogP contribution is 2.30. The van der Waals surface area contributed by atoms with E-state index in [0.717, 1.165) is 6.07 Å². The number of carboxylic acids is 1. The van der Waals surface area contributed by atoms with E-state index < -0.39 is 28.0 Å². The maximum Gasteiger partial charge on any atom is 0.338 e. The quantitative estimate of drug-likeness (QED) is 0.657. The molecule has 1 aromatic carbocycles. The number of halogens is 1. The number of nitro benzene ring substituents is 1. The molecule has 0 saturated carbocycles. The Morgan fingerprint density at radius 3 is 2.75 bits per heavy atom. The van der Waals surface area contributed by atoms with E-state index in [-0.39, 0.29) is 5.69 Å². The van der Waals surface area contributed by atoms with Crippen LogP contribution in [0.25, 0.3) is 0 Å². The van der Waals surface area contributed by atoms with Gasteiger partial charge in [-0.2, -0.15) is 0 Å². The van der Waals surface area contributed by atoms with Gasteiger partial charge in [0.1, 0.15) is 17.1 Å². The molecule has 2 aromatic rings. The SMILES string of the molecule is O=C(O)c1cc([N+](=O)[O-])c(Nc2cccnc2)cc1F. The summed E-state index contributed by atoms with van der Waals surface area (Å²) in [6, 6.07) is 4.63. The van der Waals surface area contributed by atoms with E-state index >= 15 is 0 Å². The fourth-order valence-electron chi connectivity index (χ4n) is 1.57. The zero-order valence-corrected chi connectivity index (χ0v) is 9.91. The zero-order chi connectivity index (χ0) is 14.7. The van der Waals surface area contributed by atoms with Crippen LogP contribution >= 0.6 is 0 Å². The van der Waals surface area contributed by atoms with Crippen LogP contribution < -0.4 is 5.32 Å². The normalized spacial score (nSPS) is 10.1. The third-order valence-electron chi connectivity index (χ3n) is 2.45. The summed E-state index contributed by atoms with van der Waals surface area (Å²) in [6.45, 7) is 0. The predicted molar refractivity (Wildman–Crippen MR) is 67.5 cm³/mol. The van der Waals surface area contributed by atoms with Crippen molar-refractivity contribution < 1.29 is 19.2 Å². The molecular formula is C12H8FN3O4. The second-order valence-electron chi connectivity index (χ2n) is 3.78. The van der Waals surface area contributed by atoms with Crippen LogP contribution in [0.3, 0.4) is 0 Å². The lowest BCUT2D eigenvalue weighted by atomic mass is 10.1. The van der Waals surface area contributed by atoms with Crippen molar-refractivity contribution in [2.45, 2.75) is 0 Å². The maximum atomic E-state index is 13.6. The summed E-state index contributed by atoms with van der Waals surface area (Å²) in [4.78, 5) is 24.7. The van der Waals surface area contributed by atoms with Gasteiger partial charge in [0, 0.05) is 18.3 Å². The molecule has 0 fully saturated rings. The number of pyridine rings is 1. The van der Waals surface area contributed by atoms with Crippen LogP contribution in [0, 0.1) is 15.9 Å². The molecule has 0 aliphatic carbocycles. The standard InChI is InChI=1S/C12H8FN3O4/c13-9-5-10(15-7-2-1-3-14-6-7)11(16(19)20)4-8(9)12(17)18/h1-6,15H,(H,17,18). The van der Waals surface area contributed by atoms with Crippen LogP contribution in [-0.2, 0) is 0 Å². The number of nitrogens with zero attached hydrogens (tertiary/aromatic N) is 2. The van der Waals surface area contributed by atoms with Gasteiger partial charge < -0.3 is 10.4 Å². The molecule has 20 heavy (non-hydrogen) atoms. The lowest BCUT2D eigenvalue weighted by molar-refractivity contribution is -0.384. The van der Waals surface area contributed by atoms with Gasteiger partial charge in [-0.25, -0.2) is 9.18 Å². The van der Waals surface area contributed by atoms with Crippen LogP contribution in [0.2, 0.25) is 0 Å². The van der Waals surface area contributed by atoms with Crippen molar-refractivity contribution in [2.75, 3.05) is 5.32 Å². The monoisotopic (exact) mass is 277 g/mol. The number of nitro groups is 1. The van der Waals surface area contributed by atoms with Gasteiger partial charge in [0.05, 0.1) is 16.8 Å². The van der Waals surface area contributed by atoms with E-state index in [9.17, 15) is 19.3 Å². The van der Waals surface area contributed by atoms with Crippen molar-refractivity contribution in [3.63, 3.8) is 0 Å². The largest absolute Gasteiger partial charge is 0.478 e.